The number of hydrogen-bond acceptors (Lipinski definition) is 6. The topological polar surface area (TPSA) is 151 Å². The Labute approximate surface area is 227 Å². The zero-order valence-corrected chi connectivity index (χ0v) is 22.1. The van der Waals surface area contributed by atoms with E-state index in [1.165, 1.54) is 0 Å². The minimum absolute atomic E-state index is 0.0285. The van der Waals surface area contributed by atoms with Gasteiger partial charge in [-0.15, -0.1) is 0 Å². The number of carboxylic acid groups (broad SMARTS) is 1. The number of amides is 3. The van der Waals surface area contributed by atoms with Gasteiger partial charge in [0.25, 0.3) is 11.8 Å². The highest BCUT2D eigenvalue weighted by Crippen LogP contribution is 2.13. The van der Waals surface area contributed by atoms with Gasteiger partial charge in [0.15, 0.2) is 5.69 Å². The first-order valence-corrected chi connectivity index (χ1v) is 12.9. The molecule has 3 amide bonds. The van der Waals surface area contributed by atoms with Crippen molar-refractivity contribution in [1.29, 1.82) is 0 Å². The molecule has 39 heavy (non-hydrogen) atoms. The fourth-order valence-corrected chi connectivity index (χ4v) is 4.04. The fourth-order valence-electron chi connectivity index (χ4n) is 4.04. The van der Waals surface area contributed by atoms with Crippen molar-refractivity contribution in [2.45, 2.75) is 51.6 Å². The molecule has 2 aromatic carbocycles. The quantitative estimate of drug-likeness (QED) is 0.231. The van der Waals surface area contributed by atoms with E-state index in [2.05, 4.69) is 20.9 Å². The maximum Gasteiger partial charge on any atom is 0.405 e. The van der Waals surface area contributed by atoms with Crippen LogP contribution in [0.3, 0.4) is 0 Å². The van der Waals surface area contributed by atoms with Crippen molar-refractivity contribution in [3.05, 3.63) is 89.6 Å². The van der Waals surface area contributed by atoms with Crippen LogP contribution in [0.1, 0.15) is 59.0 Å². The number of carbonyl (C=O) groups is 4. The van der Waals surface area contributed by atoms with E-state index in [-0.39, 0.29) is 30.3 Å². The van der Waals surface area contributed by atoms with Gasteiger partial charge >= 0.3 is 6.09 Å². The first-order chi connectivity index (χ1) is 18.7. The van der Waals surface area contributed by atoms with Crippen molar-refractivity contribution in [1.82, 2.24) is 20.9 Å². The smallest absolute Gasteiger partial charge is 0.405 e. The van der Waals surface area contributed by atoms with Crippen LogP contribution >= 0.6 is 0 Å². The van der Waals surface area contributed by atoms with Crippen molar-refractivity contribution in [2.24, 2.45) is 5.92 Å². The number of Topliss-reactive ketones (excluding diaryl/α,β-unsaturated/α-hetero) is 1. The number of rotatable bonds is 14. The van der Waals surface area contributed by atoms with E-state index in [0.29, 0.717) is 19.4 Å². The van der Waals surface area contributed by atoms with Crippen LogP contribution in [0, 0.1) is 5.92 Å². The van der Waals surface area contributed by atoms with Gasteiger partial charge in [-0.2, -0.15) is 0 Å². The third kappa shape index (κ3) is 9.41. The Kier molecular flexibility index (Phi) is 10.8. The van der Waals surface area contributed by atoms with Crippen molar-refractivity contribution in [3.8, 4) is 0 Å². The Morgan fingerprint density at radius 2 is 1.49 bits per heavy atom. The van der Waals surface area contributed by atoms with Gasteiger partial charge < -0.3 is 25.5 Å². The van der Waals surface area contributed by atoms with E-state index in [1.807, 2.05) is 74.5 Å². The summed E-state index contributed by atoms with van der Waals surface area (Å²) >= 11 is 0. The Bertz CT molecular complexity index is 1240. The number of oxazole rings is 1. The van der Waals surface area contributed by atoms with Crippen LogP contribution in [-0.2, 0) is 17.6 Å². The van der Waals surface area contributed by atoms with Crippen LogP contribution in [-0.4, -0.2) is 52.4 Å². The van der Waals surface area contributed by atoms with Crippen LogP contribution in [0.5, 0.6) is 0 Å². The molecule has 10 nitrogen and oxygen atoms in total. The zero-order chi connectivity index (χ0) is 28.2. The zero-order valence-electron chi connectivity index (χ0n) is 22.1. The van der Waals surface area contributed by atoms with Crippen molar-refractivity contribution >= 4 is 23.7 Å². The molecule has 0 saturated carbocycles. The van der Waals surface area contributed by atoms with Gasteiger partial charge in [-0.05, 0) is 42.7 Å². The highest BCUT2D eigenvalue weighted by atomic mass is 16.4. The Balaban J connectivity index is 1.70. The van der Waals surface area contributed by atoms with Gasteiger partial charge in [0.1, 0.15) is 12.3 Å². The summed E-state index contributed by atoms with van der Waals surface area (Å²) in [5.41, 5.74) is 1.97. The summed E-state index contributed by atoms with van der Waals surface area (Å²) in [6.07, 6.45) is 1.34. The summed E-state index contributed by atoms with van der Waals surface area (Å²) in [5.74, 6) is -2.00. The molecule has 0 saturated heterocycles. The average Bonchev–Trinajstić information content (AvgIpc) is 3.41. The van der Waals surface area contributed by atoms with E-state index < -0.39 is 35.8 Å². The molecule has 1 aromatic heterocycles. The molecule has 4 N–H and O–H groups in total. The van der Waals surface area contributed by atoms with Crippen LogP contribution in [0.15, 0.2) is 71.3 Å². The summed E-state index contributed by atoms with van der Waals surface area (Å²) in [6.45, 7) is 4.10. The minimum atomic E-state index is -1.33. The number of hydrogen-bond donors (Lipinski definition) is 4. The molecule has 1 heterocycles. The van der Waals surface area contributed by atoms with Crippen LogP contribution < -0.4 is 16.0 Å². The molecular formula is C29H34N4O6. The molecule has 2 unspecified atom stereocenters. The molecule has 0 spiro atoms. The minimum Gasteiger partial charge on any atom is -0.465 e. The highest BCUT2D eigenvalue weighted by molar-refractivity contribution is 6.00. The number of aryl methyl sites for hydroxylation is 1. The molecule has 3 rings (SSSR count). The summed E-state index contributed by atoms with van der Waals surface area (Å²) in [5, 5.41) is 16.8. The maximum absolute atomic E-state index is 13.4. The third-order valence-electron chi connectivity index (χ3n) is 6.01. The average molecular weight is 535 g/mol. The van der Waals surface area contributed by atoms with Gasteiger partial charge in [-0.3, -0.25) is 14.4 Å². The molecule has 10 heteroatoms. The fraction of sp³-hybridized carbons (Fsp3) is 0.345. The Hall–Kier alpha value is -4.47. The molecule has 0 aliphatic heterocycles. The predicted octanol–water partition coefficient (Wildman–Crippen LogP) is 3.63. The molecule has 3 aromatic rings. The van der Waals surface area contributed by atoms with E-state index in [9.17, 15) is 24.3 Å². The number of aromatic nitrogens is 1. The molecule has 0 aliphatic rings. The molecule has 0 radical (unpaired) electrons. The lowest BCUT2D eigenvalue weighted by Crippen LogP contribution is -2.52. The second-order valence-corrected chi connectivity index (χ2v) is 9.61. The lowest BCUT2D eigenvalue weighted by atomic mass is 9.99. The van der Waals surface area contributed by atoms with Crippen LogP contribution in [0.2, 0.25) is 0 Å². The SMILES string of the molecule is CC(C)CC(NC(=O)O)C(=O)NC(CCc1ccccc1)C(=O)c1nc(C(=O)NCCc2ccccc2)co1. The van der Waals surface area contributed by atoms with E-state index >= 15 is 0 Å². The van der Waals surface area contributed by atoms with Gasteiger partial charge in [0, 0.05) is 6.54 Å². The van der Waals surface area contributed by atoms with Crippen LogP contribution in [0.25, 0.3) is 0 Å². The molecule has 2 atom stereocenters. The van der Waals surface area contributed by atoms with Gasteiger partial charge in [0.2, 0.25) is 11.7 Å². The van der Waals surface area contributed by atoms with Crippen molar-refractivity contribution < 1.29 is 28.7 Å². The Morgan fingerprint density at radius 1 is 0.872 bits per heavy atom. The number of ketones is 1. The van der Waals surface area contributed by atoms with Gasteiger partial charge in [-0.1, -0.05) is 74.5 Å². The molecule has 0 aliphatic carbocycles. The second-order valence-electron chi connectivity index (χ2n) is 9.61. The van der Waals surface area contributed by atoms with E-state index in [0.717, 1.165) is 17.4 Å². The van der Waals surface area contributed by atoms with Gasteiger partial charge in [-0.25, -0.2) is 9.78 Å². The number of nitrogens with zero attached hydrogens (tertiary/aromatic N) is 1. The number of benzene rings is 2. The van der Waals surface area contributed by atoms with Crippen molar-refractivity contribution in [3.63, 3.8) is 0 Å². The first-order valence-electron chi connectivity index (χ1n) is 12.9. The number of nitrogens with one attached hydrogen (secondary N) is 3. The van der Waals surface area contributed by atoms with Gasteiger partial charge in [0.05, 0.1) is 6.04 Å². The molecule has 0 fully saturated rings. The molecule has 0 bridgehead atoms. The third-order valence-corrected chi connectivity index (χ3v) is 6.01. The summed E-state index contributed by atoms with van der Waals surface area (Å²) in [6, 6.07) is 17.0. The monoisotopic (exact) mass is 534 g/mol. The lowest BCUT2D eigenvalue weighted by Gasteiger charge is -2.22. The normalized spacial score (nSPS) is 12.4. The summed E-state index contributed by atoms with van der Waals surface area (Å²) < 4.78 is 5.33. The van der Waals surface area contributed by atoms with E-state index in [1.54, 1.807) is 0 Å². The van der Waals surface area contributed by atoms with E-state index in [4.69, 9.17) is 4.42 Å². The van der Waals surface area contributed by atoms with Crippen molar-refractivity contribution in [2.75, 3.05) is 6.54 Å². The molecular weight excluding hydrogens is 500 g/mol. The molecule has 206 valence electrons. The largest absolute Gasteiger partial charge is 0.465 e. The summed E-state index contributed by atoms with van der Waals surface area (Å²) in [4.78, 5) is 54.2. The number of carbonyl (C=O) groups excluding carboxylic acids is 3. The highest BCUT2D eigenvalue weighted by Gasteiger charge is 2.30. The Morgan fingerprint density at radius 3 is 2.08 bits per heavy atom. The lowest BCUT2D eigenvalue weighted by molar-refractivity contribution is -0.124. The standard InChI is InChI=1S/C29H34N4O6/c1-19(2)17-23(33-29(37)38)27(36)31-22(14-13-20-9-5-3-6-10-20)25(34)28-32-24(18-39-28)26(35)30-16-15-21-11-7-4-8-12-21/h3-12,18-19,22-23,33H,13-17H2,1-2H3,(H,30,35)(H,31,36)(H,37,38). The predicted molar refractivity (Wildman–Crippen MR) is 144 cm³/mol. The first kappa shape index (κ1) is 29.1. The second kappa shape index (κ2) is 14.5. The van der Waals surface area contributed by atoms with Crippen LogP contribution in [0.4, 0.5) is 4.79 Å². The summed E-state index contributed by atoms with van der Waals surface area (Å²) in [7, 11) is 0. The maximum atomic E-state index is 13.4.